The highest BCUT2D eigenvalue weighted by atomic mass is 16.8. The summed E-state index contributed by atoms with van der Waals surface area (Å²) in [5, 5.41) is 85.5. The molecule has 0 unspecified atom stereocenters. The van der Waals surface area contributed by atoms with Gasteiger partial charge in [0, 0.05) is 5.92 Å². The van der Waals surface area contributed by atoms with Crippen LogP contribution >= 0.6 is 0 Å². The number of aliphatic hydroxyl groups excluding tert-OH is 6. The van der Waals surface area contributed by atoms with Crippen molar-refractivity contribution in [1.82, 2.24) is 0 Å². The van der Waals surface area contributed by atoms with E-state index >= 15 is 0 Å². The number of aliphatic carboxylic acids is 1. The van der Waals surface area contributed by atoms with Crippen LogP contribution in [0.15, 0.2) is 11.6 Å². The van der Waals surface area contributed by atoms with Crippen LogP contribution in [0.5, 0.6) is 0 Å². The van der Waals surface area contributed by atoms with Crippen LogP contribution in [0.4, 0.5) is 0 Å². The van der Waals surface area contributed by atoms with Gasteiger partial charge in [0.25, 0.3) is 0 Å². The van der Waals surface area contributed by atoms with Crippen molar-refractivity contribution in [2.24, 2.45) is 50.7 Å². The predicted octanol–water partition coefficient (Wildman–Crippen LogP) is 2.49. The highest BCUT2D eigenvalue weighted by molar-refractivity contribution is 5.77. The van der Waals surface area contributed by atoms with Crippen LogP contribution in [0, 0.1) is 50.7 Å². The summed E-state index contributed by atoms with van der Waals surface area (Å²) in [7, 11) is 0. The Balaban J connectivity index is 1.14. The van der Waals surface area contributed by atoms with E-state index in [4.69, 9.17) is 18.9 Å². The van der Waals surface area contributed by atoms with Crippen LogP contribution in [0.3, 0.4) is 0 Å². The molecule has 5 aliphatic carbocycles. The first-order chi connectivity index (χ1) is 25.1. The summed E-state index contributed by atoms with van der Waals surface area (Å²) in [4.78, 5) is 13.1. The molecule has 4 saturated carbocycles. The highest BCUT2D eigenvalue weighted by Gasteiger charge is 2.71. The maximum atomic E-state index is 13.1. The molecule has 7 aliphatic rings. The molecule has 0 aromatic heterocycles. The molecule has 0 aromatic carbocycles. The smallest absolute Gasteiger partial charge is 0.310 e. The number of carboxylic acid groups (broad SMARTS) is 1. The number of aliphatic hydroxyl groups is 7. The Morgan fingerprint density at radius 1 is 0.833 bits per heavy atom. The molecule has 13 heteroatoms. The minimum atomic E-state index is -1.71. The van der Waals surface area contributed by atoms with Crippen molar-refractivity contribution in [2.75, 3.05) is 13.2 Å². The zero-order chi connectivity index (χ0) is 39.6. The summed E-state index contributed by atoms with van der Waals surface area (Å²) in [6, 6.07) is 0. The quantitative estimate of drug-likeness (QED) is 0.144. The van der Waals surface area contributed by atoms with Gasteiger partial charge < -0.3 is 59.8 Å². The number of allylic oxidation sites excluding steroid dienone is 1. The minimum absolute atomic E-state index is 0.00666. The van der Waals surface area contributed by atoms with Gasteiger partial charge in [0.2, 0.25) is 0 Å². The molecule has 0 radical (unpaired) electrons. The van der Waals surface area contributed by atoms with Crippen LogP contribution < -0.4 is 0 Å². The number of carbonyl (C=O) groups is 1. The van der Waals surface area contributed by atoms with Crippen molar-refractivity contribution in [3.05, 3.63) is 11.6 Å². The average molecular weight is 767 g/mol. The van der Waals surface area contributed by atoms with Gasteiger partial charge in [-0.2, -0.15) is 0 Å². The van der Waals surface area contributed by atoms with E-state index in [0.29, 0.717) is 31.6 Å². The zero-order valence-electron chi connectivity index (χ0n) is 33.1. The van der Waals surface area contributed by atoms with E-state index in [1.165, 1.54) is 0 Å². The molecule has 2 heterocycles. The summed E-state index contributed by atoms with van der Waals surface area (Å²) in [6.07, 6.45) is -4.14. The molecular formula is C41H66O13. The molecule has 2 aliphatic heterocycles. The third-order valence-corrected chi connectivity index (χ3v) is 17.3. The van der Waals surface area contributed by atoms with Crippen LogP contribution in [0.1, 0.15) is 106 Å². The zero-order valence-corrected chi connectivity index (χ0v) is 33.1. The van der Waals surface area contributed by atoms with E-state index < -0.39 is 84.8 Å². The summed E-state index contributed by atoms with van der Waals surface area (Å²) in [5.41, 5.74) is -1.77. The second kappa shape index (κ2) is 13.7. The Kier molecular flexibility index (Phi) is 10.4. The molecule has 8 N–H and O–H groups in total. The fourth-order valence-electron chi connectivity index (χ4n) is 13.6. The van der Waals surface area contributed by atoms with Crippen molar-refractivity contribution < 1.29 is 64.6 Å². The first kappa shape index (κ1) is 40.9. The summed E-state index contributed by atoms with van der Waals surface area (Å²) >= 11 is 0. The molecule has 0 bridgehead atoms. The predicted molar refractivity (Wildman–Crippen MR) is 193 cm³/mol. The number of hydrogen-bond donors (Lipinski definition) is 8. The van der Waals surface area contributed by atoms with Gasteiger partial charge in [0.05, 0.1) is 30.3 Å². The van der Waals surface area contributed by atoms with E-state index in [9.17, 15) is 45.6 Å². The average Bonchev–Trinajstić information content (AvgIpc) is 3.10. The van der Waals surface area contributed by atoms with Gasteiger partial charge in [-0.25, -0.2) is 0 Å². The third kappa shape index (κ3) is 5.68. The van der Waals surface area contributed by atoms with Crippen molar-refractivity contribution >= 4 is 5.97 Å². The summed E-state index contributed by atoms with van der Waals surface area (Å²) in [5.74, 6) is -0.672. The first-order valence-electron chi connectivity index (χ1n) is 20.4. The van der Waals surface area contributed by atoms with Gasteiger partial charge in [-0.3, -0.25) is 4.79 Å². The standard InChI is InChI=1S/C41H66O13/c1-20-10-15-41(35(48)49)17-16-38(5)21(32(41)40(20,7)50)8-9-25-37(4)13-12-26(36(2,3)24(37)11-14-39(25,38)6)53-34-31(27(44)22(43)19-51-34)54-33-30(47)29(46)28(45)23(18-42)52-33/h8,20,22-34,42-47,50H,9-19H2,1-7H3,(H,48,49)/t20-,22+,23+,24+,25+,26+,27-,28+,29+,30+,31+,32-,33-,34-,37-,38+,39-,40+,41-/m0/s1. The number of carboxylic acids is 1. The fraction of sp³-hybridized carbons (Fsp3) is 0.927. The number of hydrogen-bond acceptors (Lipinski definition) is 12. The lowest BCUT2D eigenvalue weighted by Crippen LogP contribution is -2.68. The van der Waals surface area contributed by atoms with Crippen molar-refractivity contribution in [3.63, 3.8) is 0 Å². The maximum absolute atomic E-state index is 13.1. The van der Waals surface area contributed by atoms with Crippen LogP contribution in [0.2, 0.25) is 0 Å². The van der Waals surface area contributed by atoms with Crippen LogP contribution in [-0.4, -0.2) is 127 Å². The normalized spacial score (nSPS) is 55.7. The first-order valence-corrected chi connectivity index (χ1v) is 20.4. The second-order valence-electron chi connectivity index (χ2n) is 19.9. The Bertz CT molecular complexity index is 1470. The van der Waals surface area contributed by atoms with Crippen molar-refractivity contribution in [3.8, 4) is 0 Å². The number of rotatable bonds is 6. The lowest BCUT2D eigenvalue weighted by atomic mass is 9.33. The topological polar surface area (TPSA) is 216 Å². The summed E-state index contributed by atoms with van der Waals surface area (Å²) < 4.78 is 24.2. The lowest BCUT2D eigenvalue weighted by molar-refractivity contribution is -0.367. The van der Waals surface area contributed by atoms with Crippen molar-refractivity contribution in [1.29, 1.82) is 0 Å². The van der Waals surface area contributed by atoms with Crippen LogP contribution in [-0.2, 0) is 23.7 Å². The molecule has 0 spiro atoms. The largest absolute Gasteiger partial charge is 0.481 e. The molecule has 6 fully saturated rings. The van der Waals surface area contributed by atoms with Gasteiger partial charge in [-0.05, 0) is 104 Å². The van der Waals surface area contributed by atoms with Gasteiger partial charge in [0.15, 0.2) is 12.6 Å². The molecule has 19 atom stereocenters. The highest BCUT2D eigenvalue weighted by Crippen LogP contribution is 2.76. The summed E-state index contributed by atoms with van der Waals surface area (Å²) in [6.45, 7) is 14.7. The molecule has 13 nitrogen and oxygen atoms in total. The monoisotopic (exact) mass is 766 g/mol. The molecule has 2 saturated heterocycles. The molecule has 54 heavy (non-hydrogen) atoms. The lowest BCUT2D eigenvalue weighted by Gasteiger charge is -2.72. The second-order valence-corrected chi connectivity index (χ2v) is 19.9. The molecule has 308 valence electrons. The SMILES string of the molecule is C[C@H]1CC[C@]2(C(=O)O)CC[C@]3(C)C(=CC[C@@H]4[C@@]5(C)CC[C@@H](O[C@@H]6OC[C@@H](O)[C@H](O)[C@H]6O[C@@H]6O[C@H](CO)[C@@H](O)[C@@H](O)[C@H]6O)C(C)(C)[C@H]5CC[C@@]43C)[C@H]2[C@]1(C)O. The van der Waals surface area contributed by atoms with Crippen molar-refractivity contribution in [2.45, 2.75) is 173 Å². The van der Waals surface area contributed by atoms with Gasteiger partial charge in [-0.15, -0.1) is 0 Å². The van der Waals surface area contributed by atoms with E-state index in [0.717, 1.165) is 37.7 Å². The van der Waals surface area contributed by atoms with E-state index in [1.54, 1.807) is 0 Å². The van der Waals surface area contributed by atoms with E-state index in [-0.39, 0.29) is 46.2 Å². The Hall–Kier alpha value is -1.23. The Labute approximate surface area is 319 Å². The number of fused-ring (bicyclic) bond motifs is 7. The van der Waals surface area contributed by atoms with Crippen LogP contribution in [0.25, 0.3) is 0 Å². The number of ether oxygens (including phenoxy) is 4. The van der Waals surface area contributed by atoms with Gasteiger partial charge in [-0.1, -0.05) is 53.2 Å². The van der Waals surface area contributed by atoms with E-state index in [1.807, 2.05) is 6.92 Å². The molecule has 0 amide bonds. The van der Waals surface area contributed by atoms with Gasteiger partial charge in [0.1, 0.15) is 42.7 Å². The molecule has 7 rings (SSSR count). The molecule has 0 aromatic rings. The molecular weight excluding hydrogens is 700 g/mol. The maximum Gasteiger partial charge on any atom is 0.310 e. The Morgan fingerprint density at radius 2 is 1.54 bits per heavy atom. The Morgan fingerprint density at radius 3 is 2.20 bits per heavy atom. The third-order valence-electron chi connectivity index (χ3n) is 17.3. The van der Waals surface area contributed by atoms with E-state index in [2.05, 4.69) is 47.6 Å². The minimum Gasteiger partial charge on any atom is -0.481 e. The van der Waals surface area contributed by atoms with Gasteiger partial charge >= 0.3 is 5.97 Å². The fourth-order valence-corrected chi connectivity index (χ4v) is 13.6.